The smallest absolute Gasteiger partial charge is 0.317 e. The van der Waals surface area contributed by atoms with Gasteiger partial charge in [0.15, 0.2) is 0 Å². The number of hydrogen-bond donors (Lipinski definition) is 2. The summed E-state index contributed by atoms with van der Waals surface area (Å²) in [7, 11) is -2.10. The number of carbonyl (C=O) groups excluding carboxylic acids is 3. The lowest BCUT2D eigenvalue weighted by molar-refractivity contribution is -0.143. The van der Waals surface area contributed by atoms with E-state index in [1.807, 2.05) is 18.9 Å². The van der Waals surface area contributed by atoms with E-state index in [-0.39, 0.29) is 40.7 Å². The molecule has 230 valence electrons. The number of amides is 4. The molecular formula is C28H39ClN6O5S2. The van der Waals surface area contributed by atoms with Gasteiger partial charge in [0.05, 0.1) is 6.54 Å². The van der Waals surface area contributed by atoms with Crippen molar-refractivity contribution >= 4 is 60.9 Å². The Balaban J connectivity index is 1.16. The topological polar surface area (TPSA) is 122 Å². The minimum atomic E-state index is -3.93. The van der Waals surface area contributed by atoms with Crippen LogP contribution in [0.2, 0.25) is 5.02 Å². The van der Waals surface area contributed by atoms with Crippen molar-refractivity contribution in [3.8, 4) is 0 Å². The van der Waals surface area contributed by atoms with Crippen LogP contribution in [-0.4, -0.2) is 117 Å². The van der Waals surface area contributed by atoms with Crippen LogP contribution in [0.5, 0.6) is 0 Å². The minimum Gasteiger partial charge on any atom is -0.338 e. The van der Waals surface area contributed by atoms with E-state index in [0.29, 0.717) is 37.5 Å². The number of sulfonamides is 1. The largest absolute Gasteiger partial charge is 0.338 e. The number of nitrogens with one attached hydrogen (secondary N) is 2. The summed E-state index contributed by atoms with van der Waals surface area (Å²) in [5.74, 6) is -0.472. The van der Waals surface area contributed by atoms with Crippen LogP contribution in [0.25, 0.3) is 10.1 Å². The van der Waals surface area contributed by atoms with Crippen LogP contribution in [0.4, 0.5) is 4.79 Å². The summed E-state index contributed by atoms with van der Waals surface area (Å²) in [4.78, 5) is 46.4. The molecule has 42 heavy (non-hydrogen) atoms. The predicted octanol–water partition coefficient (Wildman–Crippen LogP) is 2.55. The van der Waals surface area contributed by atoms with Gasteiger partial charge in [-0.25, -0.2) is 13.2 Å². The standard InChI is InChI=1S/C28H39ClN6O5S2/c1-3-30-28(38)32(2)21-10-13-33(16-21)17-22-6-4-12-35(22)25(36)18-34-11-5-7-23(27(34)37)31-42(39,40)26-15-19-14-20(29)8-9-24(19)41-26/h8-9,14-15,21-23,31H,3-7,10-13,16-18H2,1-2H3,(H,30,38). The quantitative estimate of drug-likeness (QED) is 0.435. The number of likely N-dealkylation sites (N-methyl/N-ethyl adjacent to an activating group) is 1. The summed E-state index contributed by atoms with van der Waals surface area (Å²) in [5.41, 5.74) is 0. The van der Waals surface area contributed by atoms with E-state index < -0.39 is 16.1 Å². The third kappa shape index (κ3) is 6.85. The molecule has 0 spiro atoms. The normalized spacial score (nSPS) is 23.6. The maximum Gasteiger partial charge on any atom is 0.317 e. The zero-order valence-corrected chi connectivity index (χ0v) is 26.4. The molecule has 2 aromatic rings. The first-order chi connectivity index (χ1) is 20.1. The molecule has 2 N–H and O–H groups in total. The molecule has 0 aliphatic carbocycles. The Morgan fingerprint density at radius 2 is 1.90 bits per heavy atom. The van der Waals surface area contributed by atoms with Crippen LogP contribution in [0.1, 0.15) is 39.0 Å². The van der Waals surface area contributed by atoms with E-state index in [9.17, 15) is 22.8 Å². The van der Waals surface area contributed by atoms with E-state index in [1.54, 1.807) is 29.2 Å². The fourth-order valence-electron chi connectivity index (χ4n) is 6.22. The van der Waals surface area contributed by atoms with Gasteiger partial charge in [-0.3, -0.25) is 14.5 Å². The molecule has 11 nitrogen and oxygen atoms in total. The molecule has 0 radical (unpaired) electrons. The molecule has 1 aromatic heterocycles. The van der Waals surface area contributed by atoms with Gasteiger partial charge < -0.3 is 20.0 Å². The number of nitrogens with zero attached hydrogens (tertiary/aromatic N) is 4. The Bertz CT molecular complexity index is 1440. The van der Waals surface area contributed by atoms with Crippen LogP contribution in [-0.2, 0) is 19.6 Å². The van der Waals surface area contributed by atoms with Gasteiger partial charge in [0.1, 0.15) is 10.3 Å². The summed E-state index contributed by atoms with van der Waals surface area (Å²) >= 11 is 7.18. The lowest BCUT2D eigenvalue weighted by atomic mass is 10.1. The number of carbonyl (C=O) groups is 3. The third-order valence-electron chi connectivity index (χ3n) is 8.48. The molecule has 3 unspecified atom stereocenters. The van der Waals surface area contributed by atoms with Crippen molar-refractivity contribution in [1.29, 1.82) is 0 Å². The second-order valence-corrected chi connectivity index (χ2v) is 14.8. The highest BCUT2D eigenvalue weighted by Gasteiger charge is 2.38. The average Bonchev–Trinajstić information content (AvgIpc) is 3.71. The summed E-state index contributed by atoms with van der Waals surface area (Å²) in [5, 5.41) is 4.10. The lowest BCUT2D eigenvalue weighted by Gasteiger charge is -2.35. The van der Waals surface area contributed by atoms with Crippen molar-refractivity contribution in [2.45, 2.75) is 61.4 Å². The number of thiophene rings is 1. The Morgan fingerprint density at radius 1 is 1.12 bits per heavy atom. The summed E-state index contributed by atoms with van der Waals surface area (Å²) in [6, 6.07) is 5.98. The minimum absolute atomic E-state index is 0.0571. The predicted molar refractivity (Wildman–Crippen MR) is 163 cm³/mol. The van der Waals surface area contributed by atoms with Crippen LogP contribution >= 0.6 is 22.9 Å². The number of piperidine rings is 1. The fraction of sp³-hybridized carbons (Fsp3) is 0.607. The van der Waals surface area contributed by atoms with Gasteiger partial charge in [-0.2, -0.15) is 4.72 Å². The van der Waals surface area contributed by atoms with Crippen LogP contribution in [0, 0.1) is 0 Å². The monoisotopic (exact) mass is 638 g/mol. The molecule has 0 bridgehead atoms. The van der Waals surface area contributed by atoms with E-state index in [1.165, 1.54) is 4.90 Å². The number of halogens is 1. The molecule has 3 aliphatic heterocycles. The lowest BCUT2D eigenvalue weighted by Crippen LogP contribution is -2.55. The van der Waals surface area contributed by atoms with Crippen molar-refractivity contribution in [2.24, 2.45) is 0 Å². The highest BCUT2D eigenvalue weighted by atomic mass is 35.5. The Labute approximate surface area is 256 Å². The van der Waals surface area contributed by atoms with Gasteiger partial charge in [0.2, 0.25) is 11.8 Å². The number of rotatable bonds is 9. The van der Waals surface area contributed by atoms with E-state index in [4.69, 9.17) is 11.6 Å². The third-order valence-corrected chi connectivity index (χ3v) is 11.8. The van der Waals surface area contributed by atoms with Gasteiger partial charge in [0.25, 0.3) is 10.0 Å². The van der Waals surface area contributed by atoms with E-state index in [0.717, 1.165) is 60.3 Å². The molecule has 3 fully saturated rings. The van der Waals surface area contributed by atoms with Gasteiger partial charge in [-0.1, -0.05) is 11.6 Å². The fourth-order valence-corrected chi connectivity index (χ4v) is 9.02. The first-order valence-corrected chi connectivity index (χ1v) is 17.3. The zero-order valence-electron chi connectivity index (χ0n) is 24.1. The Kier molecular flexibility index (Phi) is 9.63. The van der Waals surface area contributed by atoms with Gasteiger partial charge in [0, 0.05) is 68.1 Å². The van der Waals surface area contributed by atoms with Gasteiger partial charge >= 0.3 is 6.03 Å². The van der Waals surface area contributed by atoms with Crippen molar-refractivity contribution in [3.63, 3.8) is 0 Å². The number of benzene rings is 1. The molecule has 1 aromatic carbocycles. The summed E-state index contributed by atoms with van der Waals surface area (Å²) < 4.78 is 29.9. The van der Waals surface area contributed by atoms with Crippen LogP contribution < -0.4 is 10.0 Å². The molecule has 3 aliphatic rings. The number of fused-ring (bicyclic) bond motifs is 1. The number of urea groups is 1. The van der Waals surface area contributed by atoms with Crippen LogP contribution in [0.15, 0.2) is 28.5 Å². The SMILES string of the molecule is CCNC(=O)N(C)C1CCN(CC2CCCN2C(=O)CN2CCCC(NS(=O)(=O)c3cc4cc(Cl)ccc4s3)C2=O)C1. The molecule has 4 heterocycles. The summed E-state index contributed by atoms with van der Waals surface area (Å²) in [6.07, 6.45) is 3.68. The molecule has 5 rings (SSSR count). The molecule has 14 heteroatoms. The van der Waals surface area contributed by atoms with Gasteiger partial charge in [-0.15, -0.1) is 11.3 Å². The first-order valence-electron chi connectivity index (χ1n) is 14.6. The number of hydrogen-bond acceptors (Lipinski definition) is 7. The second kappa shape index (κ2) is 13.0. The Hall–Kier alpha value is -2.45. The number of likely N-dealkylation sites (tertiary alicyclic amines) is 3. The maximum atomic E-state index is 13.4. The summed E-state index contributed by atoms with van der Waals surface area (Å²) in [6.45, 7) is 5.87. The van der Waals surface area contributed by atoms with E-state index in [2.05, 4.69) is 14.9 Å². The first kappa shape index (κ1) is 31.0. The molecule has 4 amide bonds. The van der Waals surface area contributed by atoms with Crippen molar-refractivity contribution < 1.29 is 22.8 Å². The molecule has 3 atom stereocenters. The zero-order chi connectivity index (χ0) is 30.0. The molecule has 0 saturated carbocycles. The van der Waals surface area contributed by atoms with E-state index >= 15 is 0 Å². The second-order valence-electron chi connectivity index (χ2n) is 11.4. The Morgan fingerprint density at radius 3 is 2.69 bits per heavy atom. The van der Waals surface area contributed by atoms with Crippen LogP contribution in [0.3, 0.4) is 0 Å². The van der Waals surface area contributed by atoms with Crippen molar-refractivity contribution in [3.05, 3.63) is 29.3 Å². The van der Waals surface area contributed by atoms with Crippen molar-refractivity contribution in [1.82, 2.24) is 29.6 Å². The molecule has 3 saturated heterocycles. The highest BCUT2D eigenvalue weighted by Crippen LogP contribution is 2.31. The van der Waals surface area contributed by atoms with Gasteiger partial charge in [-0.05, 0) is 68.7 Å². The average molecular weight is 639 g/mol. The van der Waals surface area contributed by atoms with Crippen molar-refractivity contribution in [2.75, 3.05) is 52.9 Å². The maximum absolute atomic E-state index is 13.4. The molecular weight excluding hydrogens is 600 g/mol. The highest BCUT2D eigenvalue weighted by molar-refractivity contribution is 7.91.